The van der Waals surface area contributed by atoms with Crippen LogP contribution in [-0.4, -0.2) is 27.3 Å². The summed E-state index contributed by atoms with van der Waals surface area (Å²) in [4.78, 5) is 0. The molecule has 0 spiro atoms. The second-order valence-corrected chi connectivity index (χ2v) is 5.57. The van der Waals surface area contributed by atoms with Gasteiger partial charge in [-0.05, 0) is 18.1 Å². The number of sulfonamides is 1. The normalized spacial score (nSPS) is 11.4. The minimum atomic E-state index is -3.33. The Balaban J connectivity index is 2.55. The second-order valence-electron chi connectivity index (χ2n) is 3.18. The Hall–Kier alpha value is -0.780. The van der Waals surface area contributed by atoms with Gasteiger partial charge in [-0.2, -0.15) is 0 Å². The Morgan fingerprint density at radius 1 is 1.38 bits per heavy atom. The molecule has 0 bridgehead atoms. The quantitative estimate of drug-likeness (QED) is 0.789. The van der Waals surface area contributed by atoms with Crippen LogP contribution in [0.4, 0.5) is 0 Å². The van der Waals surface area contributed by atoms with Gasteiger partial charge in [0, 0.05) is 6.54 Å². The molecule has 0 saturated carbocycles. The van der Waals surface area contributed by atoms with E-state index in [-0.39, 0.29) is 0 Å². The van der Waals surface area contributed by atoms with Gasteiger partial charge < -0.3 is 4.74 Å². The lowest BCUT2D eigenvalue weighted by Crippen LogP contribution is -2.26. The Bertz CT molecular complexity index is 433. The number of nitrogens with one attached hydrogen (secondary N) is 1. The summed E-state index contributed by atoms with van der Waals surface area (Å²) in [6, 6.07) is 7.48. The van der Waals surface area contributed by atoms with Gasteiger partial charge in [-0.15, -0.1) is 11.6 Å². The number of rotatable bonds is 6. The van der Waals surface area contributed by atoms with Crippen LogP contribution in [-0.2, 0) is 16.4 Å². The van der Waals surface area contributed by atoms with Crippen LogP contribution < -0.4 is 9.46 Å². The Kier molecular flexibility index (Phi) is 5.05. The summed E-state index contributed by atoms with van der Waals surface area (Å²) in [5.74, 6) is 0.757. The van der Waals surface area contributed by atoms with Crippen molar-refractivity contribution in [1.82, 2.24) is 4.72 Å². The third-order valence-electron chi connectivity index (χ3n) is 2.05. The lowest BCUT2D eigenvalue weighted by Gasteiger charge is -2.08. The molecule has 0 amide bonds. The number of para-hydroxylation sites is 1. The molecule has 0 aliphatic carbocycles. The standard InChI is InChI=1S/C10H14ClNO3S/c1-15-10-5-3-2-4-9(10)6-7-12-16(13,14)8-11/h2-5,12H,6-8H2,1H3. The highest BCUT2D eigenvalue weighted by Gasteiger charge is 2.07. The average molecular weight is 264 g/mol. The first-order valence-corrected chi connectivity index (χ1v) is 6.93. The van der Waals surface area contributed by atoms with Crippen molar-refractivity contribution in [2.45, 2.75) is 6.42 Å². The predicted molar refractivity (Wildman–Crippen MR) is 64.3 cm³/mol. The fourth-order valence-electron chi connectivity index (χ4n) is 1.29. The molecule has 0 unspecified atom stereocenters. The van der Waals surface area contributed by atoms with Crippen LogP contribution in [0.15, 0.2) is 24.3 Å². The third kappa shape index (κ3) is 4.00. The summed E-state index contributed by atoms with van der Waals surface area (Å²) in [7, 11) is -1.75. The van der Waals surface area contributed by atoms with Crippen molar-refractivity contribution in [1.29, 1.82) is 0 Å². The van der Waals surface area contributed by atoms with Gasteiger partial charge in [-0.1, -0.05) is 18.2 Å². The molecule has 1 rings (SSSR count). The van der Waals surface area contributed by atoms with E-state index in [0.717, 1.165) is 11.3 Å². The first-order chi connectivity index (χ1) is 7.59. The fraction of sp³-hybridized carbons (Fsp3) is 0.400. The Labute approximate surface area is 101 Å². The minimum Gasteiger partial charge on any atom is -0.496 e. The van der Waals surface area contributed by atoms with Crippen LogP contribution in [0.25, 0.3) is 0 Å². The van der Waals surface area contributed by atoms with E-state index in [0.29, 0.717) is 13.0 Å². The molecule has 0 fully saturated rings. The SMILES string of the molecule is COc1ccccc1CCNS(=O)(=O)CCl. The molecule has 1 N–H and O–H groups in total. The number of benzene rings is 1. The van der Waals surface area contributed by atoms with Crippen LogP contribution in [0.5, 0.6) is 5.75 Å². The van der Waals surface area contributed by atoms with Gasteiger partial charge in [0.25, 0.3) is 0 Å². The van der Waals surface area contributed by atoms with Gasteiger partial charge in [0.05, 0.1) is 7.11 Å². The number of hydrogen-bond donors (Lipinski definition) is 1. The van der Waals surface area contributed by atoms with E-state index in [1.807, 2.05) is 24.3 Å². The topological polar surface area (TPSA) is 55.4 Å². The molecule has 0 heterocycles. The highest BCUT2D eigenvalue weighted by Crippen LogP contribution is 2.17. The highest BCUT2D eigenvalue weighted by atomic mass is 35.5. The highest BCUT2D eigenvalue weighted by molar-refractivity contribution is 7.90. The van der Waals surface area contributed by atoms with Gasteiger partial charge in [0.15, 0.2) is 0 Å². The first kappa shape index (κ1) is 13.3. The zero-order chi connectivity index (χ0) is 12.0. The molecule has 1 aromatic rings. The summed E-state index contributed by atoms with van der Waals surface area (Å²) in [6.45, 7) is 0.315. The minimum absolute atomic E-state index is 0.315. The number of alkyl halides is 1. The lowest BCUT2D eigenvalue weighted by atomic mass is 10.1. The van der Waals surface area contributed by atoms with Crippen molar-refractivity contribution < 1.29 is 13.2 Å². The molecule has 1 aromatic carbocycles. The molecule has 0 radical (unpaired) electrons. The van der Waals surface area contributed by atoms with Crippen LogP contribution >= 0.6 is 11.6 Å². The van der Waals surface area contributed by atoms with Gasteiger partial charge in [0.2, 0.25) is 10.0 Å². The molecule has 0 aliphatic rings. The molecule has 6 heteroatoms. The number of ether oxygens (including phenoxy) is 1. The fourth-order valence-corrected chi connectivity index (χ4v) is 2.01. The monoisotopic (exact) mass is 263 g/mol. The lowest BCUT2D eigenvalue weighted by molar-refractivity contribution is 0.409. The van der Waals surface area contributed by atoms with Gasteiger partial charge in [-0.3, -0.25) is 0 Å². The molecule has 0 aliphatic heterocycles. The molecule has 90 valence electrons. The van der Waals surface area contributed by atoms with Gasteiger partial charge in [-0.25, -0.2) is 13.1 Å². The summed E-state index contributed by atoms with van der Waals surface area (Å²) in [6.07, 6.45) is 0.570. The summed E-state index contributed by atoms with van der Waals surface area (Å²) >= 11 is 5.26. The van der Waals surface area contributed by atoms with E-state index < -0.39 is 15.2 Å². The van der Waals surface area contributed by atoms with E-state index in [9.17, 15) is 8.42 Å². The van der Waals surface area contributed by atoms with Crippen LogP contribution in [0, 0.1) is 0 Å². The van der Waals surface area contributed by atoms with E-state index in [1.165, 1.54) is 0 Å². The number of methoxy groups -OCH3 is 1. The summed E-state index contributed by atoms with van der Waals surface area (Å²) in [5, 5.41) is -0.418. The smallest absolute Gasteiger partial charge is 0.225 e. The van der Waals surface area contributed by atoms with Crippen molar-refractivity contribution in [2.75, 3.05) is 18.9 Å². The van der Waals surface area contributed by atoms with Crippen LogP contribution in [0.3, 0.4) is 0 Å². The van der Waals surface area contributed by atoms with Crippen molar-refractivity contribution >= 4 is 21.6 Å². The molecule has 16 heavy (non-hydrogen) atoms. The molecule has 0 atom stereocenters. The average Bonchev–Trinajstić information content (AvgIpc) is 2.29. The maximum absolute atomic E-state index is 11.1. The van der Waals surface area contributed by atoms with Crippen molar-refractivity contribution in [3.8, 4) is 5.75 Å². The van der Waals surface area contributed by atoms with Crippen molar-refractivity contribution in [2.24, 2.45) is 0 Å². The molecular weight excluding hydrogens is 250 g/mol. The zero-order valence-electron chi connectivity index (χ0n) is 8.94. The molecule has 4 nitrogen and oxygen atoms in total. The van der Waals surface area contributed by atoms with Crippen molar-refractivity contribution in [3.05, 3.63) is 29.8 Å². The largest absolute Gasteiger partial charge is 0.496 e. The summed E-state index contributed by atoms with van der Waals surface area (Å²) < 4.78 is 29.7. The van der Waals surface area contributed by atoms with E-state index in [2.05, 4.69) is 4.72 Å². The van der Waals surface area contributed by atoms with Crippen LogP contribution in [0.1, 0.15) is 5.56 Å². The summed E-state index contributed by atoms with van der Waals surface area (Å²) in [5.41, 5.74) is 0.960. The number of halogens is 1. The van der Waals surface area contributed by atoms with Gasteiger partial charge in [0.1, 0.15) is 11.0 Å². The molecule has 0 saturated heterocycles. The second kappa shape index (κ2) is 6.08. The molecule has 0 aromatic heterocycles. The molecular formula is C10H14ClNO3S. The first-order valence-electron chi connectivity index (χ1n) is 4.74. The number of hydrogen-bond acceptors (Lipinski definition) is 3. The van der Waals surface area contributed by atoms with Crippen molar-refractivity contribution in [3.63, 3.8) is 0 Å². The van der Waals surface area contributed by atoms with E-state index in [1.54, 1.807) is 7.11 Å². The maximum atomic E-state index is 11.1. The zero-order valence-corrected chi connectivity index (χ0v) is 10.5. The van der Waals surface area contributed by atoms with E-state index in [4.69, 9.17) is 16.3 Å². The predicted octanol–water partition coefficient (Wildman–Crippen LogP) is 1.35. The maximum Gasteiger partial charge on any atom is 0.225 e. The van der Waals surface area contributed by atoms with Gasteiger partial charge >= 0.3 is 0 Å². The Morgan fingerprint density at radius 2 is 2.06 bits per heavy atom. The van der Waals surface area contributed by atoms with Crippen LogP contribution in [0.2, 0.25) is 0 Å². The third-order valence-corrected chi connectivity index (χ3v) is 3.85. The van der Waals surface area contributed by atoms with E-state index >= 15 is 0 Å². The Morgan fingerprint density at radius 3 is 2.69 bits per heavy atom.